The van der Waals surface area contributed by atoms with Gasteiger partial charge in [-0.1, -0.05) is 0 Å². The van der Waals surface area contributed by atoms with E-state index >= 15 is 0 Å². The van der Waals surface area contributed by atoms with Crippen LogP contribution in [0.3, 0.4) is 0 Å². The van der Waals surface area contributed by atoms with Gasteiger partial charge in [-0.2, -0.15) is 0 Å². The summed E-state index contributed by atoms with van der Waals surface area (Å²) in [6, 6.07) is 7.37. The molecule has 0 aliphatic carbocycles. The fraction of sp³-hybridized carbons (Fsp3) is 0.462. The number of nitrogens with zero attached hydrogens (tertiary/aromatic N) is 2. The molecule has 1 heterocycles. The minimum atomic E-state index is 0.0565. The fourth-order valence-electron chi connectivity index (χ4n) is 1.88. The SMILES string of the molecule is NC(N)=Nc1ccc(OCCN2CCOCC2)cc1. The van der Waals surface area contributed by atoms with Crippen LogP contribution in [0.4, 0.5) is 5.69 Å². The normalized spacial score (nSPS) is 16.0. The van der Waals surface area contributed by atoms with E-state index in [1.165, 1.54) is 0 Å². The first-order chi connectivity index (χ1) is 9.24. The van der Waals surface area contributed by atoms with Crippen LogP contribution >= 0.6 is 0 Å². The van der Waals surface area contributed by atoms with Gasteiger partial charge in [-0.15, -0.1) is 0 Å². The number of nitrogens with two attached hydrogens (primary N) is 2. The van der Waals surface area contributed by atoms with E-state index in [-0.39, 0.29) is 5.96 Å². The highest BCUT2D eigenvalue weighted by molar-refractivity contribution is 5.78. The fourth-order valence-corrected chi connectivity index (χ4v) is 1.88. The molecule has 1 aliphatic rings. The summed E-state index contributed by atoms with van der Waals surface area (Å²) in [5.74, 6) is 0.879. The second kappa shape index (κ2) is 6.96. The summed E-state index contributed by atoms with van der Waals surface area (Å²) in [5.41, 5.74) is 11.3. The van der Waals surface area contributed by atoms with E-state index in [1.807, 2.05) is 24.3 Å². The number of ether oxygens (including phenoxy) is 2. The van der Waals surface area contributed by atoms with Crippen molar-refractivity contribution in [1.29, 1.82) is 0 Å². The van der Waals surface area contributed by atoms with Gasteiger partial charge in [0.15, 0.2) is 5.96 Å². The van der Waals surface area contributed by atoms with E-state index in [4.69, 9.17) is 20.9 Å². The second-order valence-electron chi connectivity index (χ2n) is 4.33. The molecule has 0 aromatic heterocycles. The number of benzene rings is 1. The van der Waals surface area contributed by atoms with Crippen molar-refractivity contribution < 1.29 is 9.47 Å². The number of hydrogen-bond acceptors (Lipinski definition) is 4. The summed E-state index contributed by atoms with van der Waals surface area (Å²) < 4.78 is 11.0. The third-order valence-corrected chi connectivity index (χ3v) is 2.87. The Hall–Kier alpha value is -1.79. The molecule has 0 saturated carbocycles. The lowest BCUT2D eigenvalue weighted by Crippen LogP contribution is -2.38. The molecule has 2 rings (SSSR count). The zero-order chi connectivity index (χ0) is 13.5. The largest absolute Gasteiger partial charge is 0.492 e. The van der Waals surface area contributed by atoms with Crippen LogP contribution in [0.25, 0.3) is 0 Å². The van der Waals surface area contributed by atoms with Gasteiger partial charge in [-0.25, -0.2) is 4.99 Å². The Morgan fingerprint density at radius 1 is 1.21 bits per heavy atom. The summed E-state index contributed by atoms with van der Waals surface area (Å²) in [5, 5.41) is 0. The van der Waals surface area contributed by atoms with Crippen molar-refractivity contribution in [2.45, 2.75) is 0 Å². The van der Waals surface area contributed by atoms with Gasteiger partial charge in [0.2, 0.25) is 0 Å². The van der Waals surface area contributed by atoms with Crippen molar-refractivity contribution in [2.75, 3.05) is 39.5 Å². The highest BCUT2D eigenvalue weighted by atomic mass is 16.5. The third kappa shape index (κ3) is 4.76. The van der Waals surface area contributed by atoms with Gasteiger partial charge in [-0.05, 0) is 24.3 Å². The number of rotatable bonds is 5. The Morgan fingerprint density at radius 3 is 2.53 bits per heavy atom. The standard InChI is InChI=1S/C13H20N4O2/c14-13(15)16-11-1-3-12(4-2-11)19-10-7-17-5-8-18-9-6-17/h1-4H,5-10H2,(H4,14,15,16). The molecule has 104 valence electrons. The summed E-state index contributed by atoms with van der Waals surface area (Å²) in [4.78, 5) is 6.28. The molecular formula is C13H20N4O2. The molecule has 1 fully saturated rings. The predicted molar refractivity (Wildman–Crippen MR) is 74.7 cm³/mol. The van der Waals surface area contributed by atoms with Gasteiger partial charge in [0.05, 0.1) is 18.9 Å². The molecule has 0 radical (unpaired) electrons. The van der Waals surface area contributed by atoms with Crippen LogP contribution in [-0.2, 0) is 4.74 Å². The molecule has 0 amide bonds. The van der Waals surface area contributed by atoms with Gasteiger partial charge in [0.25, 0.3) is 0 Å². The van der Waals surface area contributed by atoms with Crippen LogP contribution in [0, 0.1) is 0 Å². The Bertz CT molecular complexity index is 409. The number of morpholine rings is 1. The summed E-state index contributed by atoms with van der Waals surface area (Å²) >= 11 is 0. The van der Waals surface area contributed by atoms with E-state index in [1.54, 1.807) is 0 Å². The van der Waals surface area contributed by atoms with Crippen LogP contribution < -0.4 is 16.2 Å². The maximum atomic E-state index is 5.68. The van der Waals surface area contributed by atoms with Crippen LogP contribution in [0.1, 0.15) is 0 Å². The molecule has 0 spiro atoms. The van der Waals surface area contributed by atoms with Gasteiger partial charge in [0, 0.05) is 19.6 Å². The quantitative estimate of drug-likeness (QED) is 0.590. The molecule has 0 unspecified atom stereocenters. The minimum Gasteiger partial charge on any atom is -0.492 e. The van der Waals surface area contributed by atoms with Gasteiger partial charge >= 0.3 is 0 Å². The van der Waals surface area contributed by atoms with Crippen LogP contribution in [0.5, 0.6) is 5.75 Å². The molecular weight excluding hydrogens is 244 g/mol. The maximum absolute atomic E-state index is 5.68. The molecule has 0 atom stereocenters. The second-order valence-corrected chi connectivity index (χ2v) is 4.33. The summed E-state index contributed by atoms with van der Waals surface area (Å²) in [6.45, 7) is 5.17. The Labute approximate surface area is 113 Å². The number of aliphatic imine (C=N–C) groups is 1. The van der Waals surface area contributed by atoms with Crippen LogP contribution in [0.15, 0.2) is 29.3 Å². The lowest BCUT2D eigenvalue weighted by Gasteiger charge is -2.26. The highest BCUT2D eigenvalue weighted by Crippen LogP contribution is 2.17. The summed E-state index contributed by atoms with van der Waals surface area (Å²) in [6.07, 6.45) is 0. The van der Waals surface area contributed by atoms with E-state index < -0.39 is 0 Å². The van der Waals surface area contributed by atoms with Crippen molar-refractivity contribution in [1.82, 2.24) is 4.90 Å². The minimum absolute atomic E-state index is 0.0565. The van der Waals surface area contributed by atoms with Crippen molar-refractivity contribution >= 4 is 11.6 Å². The molecule has 1 aliphatic heterocycles. The highest BCUT2D eigenvalue weighted by Gasteiger charge is 2.09. The van der Waals surface area contributed by atoms with Crippen LogP contribution in [-0.4, -0.2) is 50.3 Å². The first kappa shape index (κ1) is 13.6. The Balaban J connectivity index is 1.75. The Morgan fingerprint density at radius 2 is 1.89 bits per heavy atom. The zero-order valence-corrected chi connectivity index (χ0v) is 10.9. The van der Waals surface area contributed by atoms with Crippen molar-refractivity contribution in [2.24, 2.45) is 16.5 Å². The number of hydrogen-bond donors (Lipinski definition) is 2. The van der Waals surface area contributed by atoms with E-state index in [2.05, 4.69) is 9.89 Å². The predicted octanol–water partition coefficient (Wildman–Crippen LogP) is 0.303. The average Bonchev–Trinajstić information content (AvgIpc) is 2.41. The molecule has 6 heteroatoms. The van der Waals surface area contributed by atoms with E-state index in [0.717, 1.165) is 44.3 Å². The molecule has 19 heavy (non-hydrogen) atoms. The van der Waals surface area contributed by atoms with E-state index in [0.29, 0.717) is 6.61 Å². The van der Waals surface area contributed by atoms with Crippen LogP contribution in [0.2, 0.25) is 0 Å². The third-order valence-electron chi connectivity index (χ3n) is 2.87. The smallest absolute Gasteiger partial charge is 0.191 e. The first-order valence-electron chi connectivity index (χ1n) is 6.36. The van der Waals surface area contributed by atoms with Gasteiger partial charge in [-0.3, -0.25) is 4.90 Å². The summed E-state index contributed by atoms with van der Waals surface area (Å²) in [7, 11) is 0. The lowest BCUT2D eigenvalue weighted by atomic mass is 10.3. The molecule has 1 aromatic rings. The van der Waals surface area contributed by atoms with Crippen molar-refractivity contribution in [3.05, 3.63) is 24.3 Å². The van der Waals surface area contributed by atoms with E-state index in [9.17, 15) is 0 Å². The zero-order valence-electron chi connectivity index (χ0n) is 10.9. The van der Waals surface area contributed by atoms with Crippen molar-refractivity contribution in [3.8, 4) is 5.75 Å². The number of guanidine groups is 1. The first-order valence-corrected chi connectivity index (χ1v) is 6.36. The Kier molecular flexibility index (Phi) is 5.00. The molecule has 6 nitrogen and oxygen atoms in total. The molecule has 1 saturated heterocycles. The average molecular weight is 264 g/mol. The molecule has 0 bridgehead atoms. The molecule has 1 aromatic carbocycles. The van der Waals surface area contributed by atoms with Gasteiger partial charge in [0.1, 0.15) is 12.4 Å². The van der Waals surface area contributed by atoms with Gasteiger partial charge < -0.3 is 20.9 Å². The van der Waals surface area contributed by atoms with Crippen molar-refractivity contribution in [3.63, 3.8) is 0 Å². The lowest BCUT2D eigenvalue weighted by molar-refractivity contribution is 0.0322. The topological polar surface area (TPSA) is 86.1 Å². The molecule has 4 N–H and O–H groups in total. The monoisotopic (exact) mass is 264 g/mol. The maximum Gasteiger partial charge on any atom is 0.191 e.